The normalized spacial score (nSPS) is 10.6. The van der Waals surface area contributed by atoms with Gasteiger partial charge in [-0.25, -0.2) is 0 Å². The highest BCUT2D eigenvalue weighted by molar-refractivity contribution is 6.32. The fraction of sp³-hybridized carbons (Fsp3) is 0.111. The minimum absolute atomic E-state index is 0.168. The van der Waals surface area contributed by atoms with E-state index in [0.717, 1.165) is 10.9 Å². The van der Waals surface area contributed by atoms with E-state index in [-0.39, 0.29) is 12.3 Å². The first-order chi connectivity index (χ1) is 11.5. The molecule has 0 aliphatic heterocycles. The summed E-state index contributed by atoms with van der Waals surface area (Å²) in [5, 5.41) is 4.19. The Morgan fingerprint density at radius 1 is 1.21 bits per heavy atom. The van der Waals surface area contributed by atoms with Crippen LogP contribution in [-0.4, -0.2) is 18.0 Å². The second-order valence-electron chi connectivity index (χ2n) is 5.33. The van der Waals surface area contributed by atoms with Crippen molar-refractivity contribution in [1.82, 2.24) is 4.98 Å². The summed E-state index contributed by atoms with van der Waals surface area (Å²) in [5.41, 5.74) is 8.54. The topological polar surface area (TPSA) is 77.2 Å². The Bertz CT molecular complexity index is 912. The number of fused-ring (bicyclic) bond motifs is 1. The van der Waals surface area contributed by atoms with Gasteiger partial charge in [0.25, 0.3) is 0 Å². The molecule has 3 N–H and O–H groups in total. The van der Waals surface area contributed by atoms with Crippen molar-refractivity contribution in [3.63, 3.8) is 0 Å². The highest BCUT2D eigenvalue weighted by Crippen LogP contribution is 2.27. The molecular weight excluding hydrogens is 326 g/mol. The van der Waals surface area contributed by atoms with Crippen LogP contribution in [0, 0.1) is 0 Å². The van der Waals surface area contributed by atoms with E-state index in [1.165, 1.54) is 0 Å². The number of rotatable bonds is 4. The van der Waals surface area contributed by atoms with E-state index in [0.29, 0.717) is 27.8 Å². The number of nitrogens with one attached hydrogen (secondary N) is 1. The molecule has 0 saturated heterocycles. The smallest absolute Gasteiger partial charge is 0.230 e. The van der Waals surface area contributed by atoms with Crippen LogP contribution >= 0.6 is 11.6 Å². The molecule has 0 aliphatic rings. The van der Waals surface area contributed by atoms with Crippen molar-refractivity contribution < 1.29 is 9.53 Å². The predicted octanol–water partition coefficient (Wildman–Crippen LogP) is 3.66. The maximum absolute atomic E-state index is 12.2. The summed E-state index contributed by atoms with van der Waals surface area (Å²) in [5.74, 6) is 0.392. The van der Waals surface area contributed by atoms with Gasteiger partial charge in [-0.15, -0.1) is 0 Å². The number of hydrogen-bond acceptors (Lipinski definition) is 4. The second kappa shape index (κ2) is 6.76. The zero-order valence-corrected chi connectivity index (χ0v) is 13.8. The fourth-order valence-corrected chi connectivity index (χ4v) is 2.66. The number of methoxy groups -OCH3 is 1. The lowest BCUT2D eigenvalue weighted by atomic mass is 10.1. The van der Waals surface area contributed by atoms with Crippen LogP contribution in [0.25, 0.3) is 10.9 Å². The molecule has 0 unspecified atom stereocenters. The first-order valence-corrected chi connectivity index (χ1v) is 7.71. The van der Waals surface area contributed by atoms with Crippen LogP contribution in [0.5, 0.6) is 5.75 Å². The maximum atomic E-state index is 12.2. The van der Waals surface area contributed by atoms with Crippen LogP contribution in [-0.2, 0) is 11.2 Å². The van der Waals surface area contributed by atoms with Gasteiger partial charge in [-0.1, -0.05) is 17.7 Å². The van der Waals surface area contributed by atoms with E-state index in [9.17, 15) is 4.79 Å². The maximum Gasteiger partial charge on any atom is 0.230 e. The van der Waals surface area contributed by atoms with Gasteiger partial charge >= 0.3 is 0 Å². The zero-order chi connectivity index (χ0) is 17.1. The third-order valence-electron chi connectivity index (χ3n) is 3.55. The van der Waals surface area contributed by atoms with Gasteiger partial charge in [0.1, 0.15) is 5.75 Å². The van der Waals surface area contributed by atoms with Crippen molar-refractivity contribution in [3.8, 4) is 5.75 Å². The standard InChI is InChI=1S/C18H16ClN3O2/c1-24-17-7-5-13(9-15(17)19)22-18(23)10-14-4-2-11-8-12(20)3-6-16(11)21-14/h2-9H,10,20H2,1H3,(H,22,23). The number of nitrogen functional groups attached to an aromatic ring is 1. The number of halogens is 1. The fourth-order valence-electron chi connectivity index (χ4n) is 2.40. The van der Waals surface area contributed by atoms with Crippen LogP contribution in [0.1, 0.15) is 5.69 Å². The Balaban J connectivity index is 1.72. The summed E-state index contributed by atoms with van der Waals surface area (Å²) >= 11 is 6.05. The number of pyridine rings is 1. The van der Waals surface area contributed by atoms with Crippen molar-refractivity contribution in [2.75, 3.05) is 18.2 Å². The van der Waals surface area contributed by atoms with Crippen LogP contribution in [0.15, 0.2) is 48.5 Å². The summed E-state index contributed by atoms with van der Waals surface area (Å²) in [4.78, 5) is 16.7. The minimum Gasteiger partial charge on any atom is -0.495 e. The SMILES string of the molecule is COc1ccc(NC(=O)Cc2ccc3cc(N)ccc3n2)cc1Cl. The highest BCUT2D eigenvalue weighted by atomic mass is 35.5. The lowest BCUT2D eigenvalue weighted by Gasteiger charge is -2.08. The first kappa shape index (κ1) is 16.1. The van der Waals surface area contributed by atoms with Crippen LogP contribution in [0.3, 0.4) is 0 Å². The Morgan fingerprint density at radius 2 is 2.04 bits per heavy atom. The summed E-state index contributed by atoms with van der Waals surface area (Å²) in [6.45, 7) is 0. The third-order valence-corrected chi connectivity index (χ3v) is 3.84. The summed E-state index contributed by atoms with van der Waals surface area (Å²) in [7, 11) is 1.54. The average Bonchev–Trinajstić information content (AvgIpc) is 2.55. The molecule has 1 heterocycles. The Labute approximate surface area is 144 Å². The molecule has 0 radical (unpaired) electrons. The number of carbonyl (C=O) groups excluding carboxylic acids is 1. The van der Waals surface area contributed by atoms with Gasteiger partial charge in [-0.3, -0.25) is 9.78 Å². The summed E-state index contributed by atoms with van der Waals surface area (Å²) in [6, 6.07) is 14.3. The number of carbonyl (C=O) groups is 1. The molecule has 1 aromatic heterocycles. The molecule has 5 nitrogen and oxygen atoms in total. The number of anilines is 2. The molecule has 3 aromatic rings. The van der Waals surface area contributed by atoms with E-state index >= 15 is 0 Å². The first-order valence-electron chi connectivity index (χ1n) is 7.34. The van der Waals surface area contributed by atoms with Gasteiger partial charge in [0, 0.05) is 16.8 Å². The van der Waals surface area contributed by atoms with Crippen molar-refractivity contribution >= 4 is 39.8 Å². The molecule has 122 valence electrons. The van der Waals surface area contributed by atoms with Crippen molar-refractivity contribution in [2.45, 2.75) is 6.42 Å². The zero-order valence-electron chi connectivity index (χ0n) is 13.0. The largest absolute Gasteiger partial charge is 0.495 e. The number of hydrogen-bond donors (Lipinski definition) is 2. The van der Waals surface area contributed by atoms with Gasteiger partial charge in [-0.2, -0.15) is 0 Å². The van der Waals surface area contributed by atoms with Crippen LogP contribution < -0.4 is 15.8 Å². The van der Waals surface area contributed by atoms with Crippen molar-refractivity contribution in [1.29, 1.82) is 0 Å². The molecule has 0 bridgehead atoms. The predicted molar refractivity (Wildman–Crippen MR) is 96.5 cm³/mol. The van der Waals surface area contributed by atoms with Gasteiger partial charge < -0.3 is 15.8 Å². The highest BCUT2D eigenvalue weighted by Gasteiger charge is 2.08. The molecule has 0 atom stereocenters. The summed E-state index contributed by atoms with van der Waals surface area (Å²) in [6.07, 6.45) is 0.171. The monoisotopic (exact) mass is 341 g/mol. The molecule has 0 fully saturated rings. The Kier molecular flexibility index (Phi) is 4.53. The molecule has 1 amide bonds. The number of nitrogens with zero attached hydrogens (tertiary/aromatic N) is 1. The van der Waals surface area contributed by atoms with Gasteiger partial charge in [0.05, 0.1) is 29.8 Å². The van der Waals surface area contributed by atoms with E-state index < -0.39 is 0 Å². The Morgan fingerprint density at radius 3 is 2.79 bits per heavy atom. The molecule has 6 heteroatoms. The lowest BCUT2D eigenvalue weighted by Crippen LogP contribution is -2.15. The van der Waals surface area contributed by atoms with E-state index in [2.05, 4.69) is 10.3 Å². The van der Waals surface area contributed by atoms with Crippen molar-refractivity contribution in [2.24, 2.45) is 0 Å². The van der Waals surface area contributed by atoms with Gasteiger partial charge in [0.15, 0.2) is 0 Å². The lowest BCUT2D eigenvalue weighted by molar-refractivity contribution is -0.115. The number of amides is 1. The summed E-state index contributed by atoms with van der Waals surface area (Å²) < 4.78 is 5.09. The quantitative estimate of drug-likeness (QED) is 0.710. The Hall–Kier alpha value is -2.79. The van der Waals surface area contributed by atoms with E-state index in [1.54, 1.807) is 31.4 Å². The van der Waals surface area contributed by atoms with Crippen molar-refractivity contribution in [3.05, 3.63) is 59.2 Å². The third kappa shape index (κ3) is 3.58. The van der Waals surface area contributed by atoms with E-state index in [1.807, 2.05) is 24.3 Å². The molecule has 3 rings (SSSR count). The van der Waals surface area contributed by atoms with Crippen LogP contribution in [0.4, 0.5) is 11.4 Å². The second-order valence-corrected chi connectivity index (χ2v) is 5.74. The van der Waals surface area contributed by atoms with Gasteiger partial charge in [0.2, 0.25) is 5.91 Å². The minimum atomic E-state index is -0.168. The molecule has 0 saturated carbocycles. The number of ether oxygens (including phenoxy) is 1. The molecular formula is C18H16ClN3O2. The molecule has 0 spiro atoms. The molecule has 2 aromatic carbocycles. The molecule has 0 aliphatic carbocycles. The van der Waals surface area contributed by atoms with E-state index in [4.69, 9.17) is 22.1 Å². The number of benzene rings is 2. The molecule has 24 heavy (non-hydrogen) atoms. The van der Waals surface area contributed by atoms with Gasteiger partial charge in [-0.05, 0) is 42.5 Å². The number of aromatic nitrogens is 1. The van der Waals surface area contributed by atoms with Crippen LogP contribution in [0.2, 0.25) is 5.02 Å². The number of nitrogens with two attached hydrogens (primary N) is 1. The average molecular weight is 342 g/mol.